The first-order valence-electron chi connectivity index (χ1n) is 8.76. The third kappa shape index (κ3) is 4.36. The number of aryl methyl sites for hydroxylation is 1. The van der Waals surface area contributed by atoms with Gasteiger partial charge in [0.2, 0.25) is 0 Å². The Hall–Kier alpha value is -2.42. The second-order valence-electron chi connectivity index (χ2n) is 6.31. The van der Waals surface area contributed by atoms with Gasteiger partial charge in [0.15, 0.2) is 11.6 Å². The smallest absolute Gasteiger partial charge is 0.166 e. The number of halogens is 2. The first-order chi connectivity index (χ1) is 12.2. The molecule has 0 aliphatic carbocycles. The van der Waals surface area contributed by atoms with E-state index in [0.717, 1.165) is 18.1 Å². The van der Waals surface area contributed by atoms with Crippen molar-refractivity contribution in [1.82, 2.24) is 0 Å². The van der Waals surface area contributed by atoms with Crippen LogP contribution in [0.1, 0.15) is 37.3 Å². The lowest BCUT2D eigenvalue weighted by atomic mass is 10.1. The molecular formula is C22H22F2O. The molecule has 25 heavy (non-hydrogen) atoms. The van der Waals surface area contributed by atoms with E-state index in [1.54, 1.807) is 24.3 Å². The first kappa shape index (κ1) is 17.4. The summed E-state index contributed by atoms with van der Waals surface area (Å²) in [5, 5.41) is 0.895. The Morgan fingerprint density at radius 2 is 1.60 bits per heavy atom. The molecule has 3 aromatic carbocycles. The maximum absolute atomic E-state index is 13.7. The lowest BCUT2D eigenvalue weighted by molar-refractivity contribution is 0.306. The minimum absolute atomic E-state index is 0.267. The summed E-state index contributed by atoms with van der Waals surface area (Å²) in [5.74, 6) is -1.01. The lowest BCUT2D eigenvalue weighted by Gasteiger charge is -2.09. The molecule has 0 atom stereocenters. The predicted octanol–water partition coefficient (Wildman–Crippen LogP) is 6.43. The van der Waals surface area contributed by atoms with E-state index < -0.39 is 11.6 Å². The fourth-order valence-corrected chi connectivity index (χ4v) is 2.88. The highest BCUT2D eigenvalue weighted by molar-refractivity contribution is 5.84. The van der Waals surface area contributed by atoms with Crippen LogP contribution in [-0.4, -0.2) is 0 Å². The van der Waals surface area contributed by atoms with Gasteiger partial charge >= 0.3 is 0 Å². The third-order valence-electron chi connectivity index (χ3n) is 4.38. The van der Waals surface area contributed by atoms with E-state index in [0.29, 0.717) is 17.7 Å². The zero-order valence-electron chi connectivity index (χ0n) is 14.4. The van der Waals surface area contributed by atoms with Gasteiger partial charge in [-0.25, -0.2) is 8.78 Å². The maximum atomic E-state index is 13.7. The molecule has 3 rings (SSSR count). The van der Waals surface area contributed by atoms with Gasteiger partial charge in [0.25, 0.3) is 0 Å². The minimum atomic E-state index is -0.833. The SMILES string of the molecule is CCCCCc1ccc(COc2ccc3c(F)c(F)ccc3c2)cc1. The fourth-order valence-electron chi connectivity index (χ4n) is 2.88. The van der Waals surface area contributed by atoms with E-state index in [1.165, 1.54) is 24.8 Å². The maximum Gasteiger partial charge on any atom is 0.166 e. The average Bonchev–Trinajstić information content (AvgIpc) is 2.64. The second-order valence-corrected chi connectivity index (χ2v) is 6.31. The quantitative estimate of drug-likeness (QED) is 0.450. The Bertz CT molecular complexity index is 841. The van der Waals surface area contributed by atoms with Crippen LogP contribution in [0.3, 0.4) is 0 Å². The fraction of sp³-hybridized carbons (Fsp3) is 0.273. The molecule has 0 fully saturated rings. The van der Waals surface area contributed by atoms with Crippen molar-refractivity contribution >= 4 is 10.8 Å². The topological polar surface area (TPSA) is 9.23 Å². The number of fused-ring (bicyclic) bond motifs is 1. The van der Waals surface area contributed by atoms with Crippen LogP contribution in [0, 0.1) is 11.6 Å². The number of hydrogen-bond acceptors (Lipinski definition) is 1. The number of hydrogen-bond donors (Lipinski definition) is 0. The Kier molecular flexibility index (Phi) is 5.64. The van der Waals surface area contributed by atoms with Crippen molar-refractivity contribution in [3.8, 4) is 5.75 Å². The number of benzene rings is 3. The van der Waals surface area contributed by atoms with Gasteiger partial charge in [0.1, 0.15) is 12.4 Å². The standard InChI is InChI=1S/C22H22F2O/c1-2-3-4-5-16-6-8-17(9-7-16)15-25-19-11-12-20-18(14-19)10-13-21(23)22(20)24/h6-14H,2-5,15H2,1H3. The van der Waals surface area contributed by atoms with Crippen LogP contribution in [0.2, 0.25) is 0 Å². The summed E-state index contributed by atoms with van der Waals surface area (Å²) in [5.41, 5.74) is 2.44. The molecule has 0 heterocycles. The summed E-state index contributed by atoms with van der Waals surface area (Å²) in [7, 11) is 0. The number of unbranched alkanes of at least 4 members (excludes halogenated alkanes) is 2. The molecule has 3 aromatic rings. The Labute approximate surface area is 147 Å². The highest BCUT2D eigenvalue weighted by atomic mass is 19.2. The Morgan fingerprint density at radius 1 is 0.840 bits per heavy atom. The van der Waals surface area contributed by atoms with Crippen molar-refractivity contribution in [3.05, 3.63) is 77.4 Å². The van der Waals surface area contributed by atoms with Crippen molar-refractivity contribution in [1.29, 1.82) is 0 Å². The van der Waals surface area contributed by atoms with Crippen molar-refractivity contribution < 1.29 is 13.5 Å². The van der Waals surface area contributed by atoms with Crippen LogP contribution in [0.5, 0.6) is 5.75 Å². The van der Waals surface area contributed by atoms with Crippen molar-refractivity contribution in [2.24, 2.45) is 0 Å². The molecule has 0 N–H and O–H groups in total. The van der Waals surface area contributed by atoms with Crippen molar-refractivity contribution in [2.75, 3.05) is 0 Å². The molecular weight excluding hydrogens is 318 g/mol. The van der Waals surface area contributed by atoms with Crippen LogP contribution in [0.15, 0.2) is 54.6 Å². The molecule has 0 spiro atoms. The highest BCUT2D eigenvalue weighted by Crippen LogP contribution is 2.25. The molecule has 0 amide bonds. The molecule has 0 bridgehead atoms. The molecule has 3 heteroatoms. The van der Waals surface area contributed by atoms with E-state index in [9.17, 15) is 8.78 Å². The molecule has 130 valence electrons. The summed E-state index contributed by atoms with van der Waals surface area (Å²) in [6, 6.07) is 16.1. The molecule has 0 saturated heterocycles. The molecule has 0 aromatic heterocycles. The largest absolute Gasteiger partial charge is 0.489 e. The van der Waals surface area contributed by atoms with E-state index in [-0.39, 0.29) is 5.39 Å². The van der Waals surface area contributed by atoms with Crippen LogP contribution < -0.4 is 4.74 Å². The predicted molar refractivity (Wildman–Crippen MR) is 97.9 cm³/mol. The average molecular weight is 340 g/mol. The summed E-state index contributed by atoms with van der Waals surface area (Å²) in [6.07, 6.45) is 4.83. The summed E-state index contributed by atoms with van der Waals surface area (Å²) in [6.45, 7) is 2.66. The molecule has 1 nitrogen and oxygen atoms in total. The van der Waals surface area contributed by atoms with Gasteiger partial charge in [0, 0.05) is 5.39 Å². The van der Waals surface area contributed by atoms with Gasteiger partial charge in [0.05, 0.1) is 0 Å². The summed E-state index contributed by atoms with van der Waals surface area (Å²) in [4.78, 5) is 0. The lowest BCUT2D eigenvalue weighted by Crippen LogP contribution is -1.96. The van der Waals surface area contributed by atoms with Gasteiger partial charge < -0.3 is 4.74 Å². The van der Waals surface area contributed by atoms with Gasteiger partial charge in [-0.1, -0.05) is 50.1 Å². The van der Waals surface area contributed by atoms with Crippen molar-refractivity contribution in [2.45, 2.75) is 39.2 Å². The minimum Gasteiger partial charge on any atom is -0.489 e. The molecule has 0 unspecified atom stereocenters. The summed E-state index contributed by atoms with van der Waals surface area (Å²) >= 11 is 0. The summed E-state index contributed by atoms with van der Waals surface area (Å²) < 4.78 is 32.7. The number of ether oxygens (including phenoxy) is 1. The molecule has 0 aliphatic heterocycles. The normalized spacial score (nSPS) is 11.0. The van der Waals surface area contributed by atoms with E-state index >= 15 is 0 Å². The third-order valence-corrected chi connectivity index (χ3v) is 4.38. The van der Waals surface area contributed by atoms with E-state index in [4.69, 9.17) is 4.74 Å². The Morgan fingerprint density at radius 3 is 2.36 bits per heavy atom. The van der Waals surface area contributed by atoms with Gasteiger partial charge in [-0.15, -0.1) is 0 Å². The van der Waals surface area contributed by atoms with Gasteiger partial charge in [-0.3, -0.25) is 0 Å². The number of rotatable bonds is 7. The van der Waals surface area contributed by atoms with Gasteiger partial charge in [-0.2, -0.15) is 0 Å². The Balaban J connectivity index is 1.63. The first-order valence-corrected chi connectivity index (χ1v) is 8.76. The van der Waals surface area contributed by atoms with Crippen LogP contribution in [-0.2, 0) is 13.0 Å². The monoisotopic (exact) mass is 340 g/mol. The molecule has 0 aliphatic rings. The van der Waals surface area contributed by atoms with Crippen LogP contribution >= 0.6 is 0 Å². The zero-order chi connectivity index (χ0) is 17.6. The molecule has 0 radical (unpaired) electrons. The highest BCUT2D eigenvalue weighted by Gasteiger charge is 2.07. The van der Waals surface area contributed by atoms with Crippen LogP contribution in [0.25, 0.3) is 10.8 Å². The zero-order valence-corrected chi connectivity index (χ0v) is 14.4. The molecule has 0 saturated carbocycles. The van der Waals surface area contributed by atoms with Crippen LogP contribution in [0.4, 0.5) is 8.78 Å². The van der Waals surface area contributed by atoms with Crippen molar-refractivity contribution in [3.63, 3.8) is 0 Å². The van der Waals surface area contributed by atoms with E-state index in [1.807, 2.05) is 0 Å². The van der Waals surface area contributed by atoms with E-state index in [2.05, 4.69) is 31.2 Å². The van der Waals surface area contributed by atoms with Gasteiger partial charge in [-0.05, 0) is 53.6 Å². The second kappa shape index (κ2) is 8.11.